The number of rotatable bonds is 5. The summed E-state index contributed by atoms with van der Waals surface area (Å²) >= 11 is 3.46. The molecule has 21 heavy (non-hydrogen) atoms. The van der Waals surface area contributed by atoms with Crippen molar-refractivity contribution in [2.45, 2.75) is 33.4 Å². The third kappa shape index (κ3) is 4.29. The Balaban J connectivity index is 2.28. The first kappa shape index (κ1) is 16.0. The zero-order chi connectivity index (χ0) is 15.4. The second-order valence-corrected chi connectivity index (χ2v) is 6.19. The first-order chi connectivity index (χ1) is 9.97. The topological polar surface area (TPSA) is 21.3 Å². The predicted octanol–water partition coefficient (Wildman–Crippen LogP) is 5.19. The molecule has 0 aromatic heterocycles. The Labute approximate surface area is 133 Å². The molecule has 2 nitrogen and oxygen atoms in total. The van der Waals surface area contributed by atoms with Crippen LogP contribution in [0.3, 0.4) is 0 Å². The van der Waals surface area contributed by atoms with Crippen molar-refractivity contribution in [2.75, 3.05) is 0 Å². The zero-order valence-corrected chi connectivity index (χ0v) is 14.0. The Hall–Kier alpha value is -1.39. The molecule has 0 bridgehead atoms. The molecule has 112 valence electrons. The molecule has 0 heterocycles. The van der Waals surface area contributed by atoms with Crippen LogP contribution in [0.5, 0.6) is 11.5 Å². The third-order valence-corrected chi connectivity index (χ3v) is 3.59. The fourth-order valence-corrected chi connectivity index (χ4v) is 2.33. The van der Waals surface area contributed by atoms with Gasteiger partial charge >= 0.3 is 0 Å². The third-order valence-electron chi connectivity index (χ3n) is 3.10. The van der Waals surface area contributed by atoms with Gasteiger partial charge in [0, 0.05) is 22.6 Å². The van der Waals surface area contributed by atoms with Crippen molar-refractivity contribution < 1.29 is 9.13 Å². The average molecular weight is 352 g/mol. The Morgan fingerprint density at radius 3 is 2.67 bits per heavy atom. The van der Waals surface area contributed by atoms with Gasteiger partial charge in [-0.1, -0.05) is 41.9 Å². The van der Waals surface area contributed by atoms with Gasteiger partial charge in [-0.25, -0.2) is 4.39 Å². The summed E-state index contributed by atoms with van der Waals surface area (Å²) in [7, 11) is 0. The lowest BCUT2D eigenvalue weighted by molar-refractivity contribution is 0.432. The van der Waals surface area contributed by atoms with Crippen molar-refractivity contribution in [1.82, 2.24) is 5.32 Å². The molecule has 2 aromatic carbocycles. The number of hydrogen-bond acceptors (Lipinski definition) is 2. The van der Waals surface area contributed by atoms with Crippen molar-refractivity contribution in [2.24, 2.45) is 0 Å². The van der Waals surface area contributed by atoms with Crippen LogP contribution >= 0.6 is 15.9 Å². The van der Waals surface area contributed by atoms with Crippen LogP contribution < -0.4 is 10.1 Å². The van der Waals surface area contributed by atoms with Gasteiger partial charge in [0.2, 0.25) is 0 Å². The molecule has 0 spiro atoms. The molecule has 2 aromatic rings. The Kier molecular flexibility index (Phi) is 5.37. The van der Waals surface area contributed by atoms with Gasteiger partial charge < -0.3 is 10.1 Å². The van der Waals surface area contributed by atoms with Crippen LogP contribution in [0.4, 0.5) is 4.39 Å². The molecule has 0 unspecified atom stereocenters. The van der Waals surface area contributed by atoms with Crippen LogP contribution in [0.1, 0.15) is 25.0 Å². The summed E-state index contributed by atoms with van der Waals surface area (Å²) in [5, 5.41) is 3.35. The summed E-state index contributed by atoms with van der Waals surface area (Å²) < 4.78 is 20.8. The highest BCUT2D eigenvalue weighted by atomic mass is 79.9. The molecule has 2 rings (SSSR count). The second kappa shape index (κ2) is 7.05. The molecule has 1 N–H and O–H groups in total. The quantitative estimate of drug-likeness (QED) is 0.800. The van der Waals surface area contributed by atoms with E-state index in [9.17, 15) is 4.39 Å². The van der Waals surface area contributed by atoms with E-state index in [-0.39, 0.29) is 11.6 Å². The van der Waals surface area contributed by atoms with Crippen LogP contribution in [-0.2, 0) is 6.54 Å². The van der Waals surface area contributed by atoms with Gasteiger partial charge in [-0.15, -0.1) is 0 Å². The summed E-state index contributed by atoms with van der Waals surface area (Å²) in [6.45, 7) is 6.56. The maximum atomic E-state index is 14.1. The summed E-state index contributed by atoms with van der Waals surface area (Å²) in [5.74, 6) is 0.599. The molecule has 0 saturated heterocycles. The van der Waals surface area contributed by atoms with Crippen LogP contribution in [-0.4, -0.2) is 6.04 Å². The molecular formula is C17H19BrFNO. The second-order valence-electron chi connectivity index (χ2n) is 5.28. The maximum Gasteiger partial charge on any atom is 0.168 e. The Morgan fingerprint density at radius 2 is 1.95 bits per heavy atom. The fraction of sp³-hybridized carbons (Fsp3) is 0.294. The van der Waals surface area contributed by atoms with Crippen LogP contribution in [0.25, 0.3) is 0 Å². The van der Waals surface area contributed by atoms with Crippen molar-refractivity contribution in [3.63, 3.8) is 0 Å². The van der Waals surface area contributed by atoms with Crippen LogP contribution in [0.2, 0.25) is 0 Å². The summed E-state index contributed by atoms with van der Waals surface area (Å²) in [6, 6.07) is 11.3. The molecule has 0 amide bonds. The minimum absolute atomic E-state index is 0.253. The SMILES string of the molecule is Cc1cccc(Oc2ccc(Br)cc2CNC(C)C)c1F. The predicted molar refractivity (Wildman–Crippen MR) is 87.3 cm³/mol. The van der Waals surface area contributed by atoms with E-state index in [4.69, 9.17) is 4.74 Å². The van der Waals surface area contributed by atoms with Crippen molar-refractivity contribution in [3.8, 4) is 11.5 Å². The van der Waals surface area contributed by atoms with E-state index in [1.54, 1.807) is 25.1 Å². The van der Waals surface area contributed by atoms with Crippen LogP contribution in [0, 0.1) is 12.7 Å². The molecule has 0 aliphatic rings. The Morgan fingerprint density at radius 1 is 1.19 bits per heavy atom. The van der Waals surface area contributed by atoms with Gasteiger partial charge in [-0.05, 0) is 36.8 Å². The normalized spacial score (nSPS) is 11.0. The van der Waals surface area contributed by atoms with Gasteiger partial charge in [0.05, 0.1) is 0 Å². The number of benzene rings is 2. The standard InChI is InChI=1S/C17H19BrFNO/c1-11(2)20-10-13-9-14(18)7-8-15(13)21-16-6-4-5-12(3)17(16)19/h4-9,11,20H,10H2,1-3H3. The largest absolute Gasteiger partial charge is 0.454 e. The summed E-state index contributed by atoms with van der Waals surface area (Å²) in [4.78, 5) is 0. The van der Waals surface area contributed by atoms with Gasteiger partial charge in [0.25, 0.3) is 0 Å². The average Bonchev–Trinajstić information content (AvgIpc) is 2.43. The van der Waals surface area contributed by atoms with Crippen molar-refractivity contribution >= 4 is 15.9 Å². The van der Waals surface area contributed by atoms with Crippen LogP contribution in [0.15, 0.2) is 40.9 Å². The Bertz CT molecular complexity index is 628. The summed E-state index contributed by atoms with van der Waals surface area (Å²) in [6.07, 6.45) is 0. The van der Waals surface area contributed by atoms with E-state index in [0.717, 1.165) is 10.0 Å². The molecule has 0 fully saturated rings. The van der Waals surface area contributed by atoms with E-state index >= 15 is 0 Å². The lowest BCUT2D eigenvalue weighted by Gasteiger charge is -2.15. The summed E-state index contributed by atoms with van der Waals surface area (Å²) in [5.41, 5.74) is 1.56. The maximum absolute atomic E-state index is 14.1. The number of ether oxygens (including phenoxy) is 1. The first-order valence-electron chi connectivity index (χ1n) is 6.92. The van der Waals surface area contributed by atoms with E-state index in [1.807, 2.05) is 18.2 Å². The minimum atomic E-state index is -0.316. The molecule has 4 heteroatoms. The van der Waals surface area contributed by atoms with E-state index < -0.39 is 0 Å². The highest BCUT2D eigenvalue weighted by molar-refractivity contribution is 9.10. The van der Waals surface area contributed by atoms with E-state index in [1.165, 1.54) is 0 Å². The lowest BCUT2D eigenvalue weighted by atomic mass is 10.2. The highest BCUT2D eigenvalue weighted by Crippen LogP contribution is 2.30. The van der Waals surface area contributed by atoms with Gasteiger partial charge in [-0.3, -0.25) is 0 Å². The number of nitrogens with one attached hydrogen (secondary N) is 1. The molecule has 0 saturated carbocycles. The number of aryl methyl sites for hydroxylation is 1. The zero-order valence-electron chi connectivity index (χ0n) is 12.4. The number of halogens is 2. The monoisotopic (exact) mass is 351 g/mol. The molecule has 0 aliphatic heterocycles. The molecular weight excluding hydrogens is 333 g/mol. The van der Waals surface area contributed by atoms with Crippen molar-refractivity contribution in [3.05, 3.63) is 57.8 Å². The molecule has 0 aliphatic carbocycles. The van der Waals surface area contributed by atoms with Gasteiger partial charge in [0.15, 0.2) is 11.6 Å². The van der Waals surface area contributed by atoms with E-state index in [0.29, 0.717) is 23.9 Å². The van der Waals surface area contributed by atoms with Gasteiger partial charge in [0.1, 0.15) is 5.75 Å². The minimum Gasteiger partial charge on any atom is -0.454 e. The lowest BCUT2D eigenvalue weighted by Crippen LogP contribution is -2.22. The van der Waals surface area contributed by atoms with Gasteiger partial charge in [-0.2, -0.15) is 0 Å². The molecule has 0 radical (unpaired) electrons. The first-order valence-corrected chi connectivity index (χ1v) is 7.71. The van der Waals surface area contributed by atoms with E-state index in [2.05, 4.69) is 35.1 Å². The fourth-order valence-electron chi connectivity index (χ4n) is 1.92. The molecule has 0 atom stereocenters. The highest BCUT2D eigenvalue weighted by Gasteiger charge is 2.11. The van der Waals surface area contributed by atoms with Crippen molar-refractivity contribution in [1.29, 1.82) is 0 Å². The smallest absolute Gasteiger partial charge is 0.168 e. The number of hydrogen-bond donors (Lipinski definition) is 1.